The molecule has 23 heavy (non-hydrogen) atoms. The highest BCUT2D eigenvalue weighted by molar-refractivity contribution is 7.20. The number of nitrogens with one attached hydrogen (secondary N) is 1. The summed E-state index contributed by atoms with van der Waals surface area (Å²) in [5.74, 6) is -0.576. The largest absolute Gasteiger partial charge is 0.365 e. The van der Waals surface area contributed by atoms with Crippen LogP contribution in [0, 0.1) is 0 Å². The van der Waals surface area contributed by atoms with Crippen LogP contribution in [0.4, 0.5) is 5.00 Å². The predicted molar refractivity (Wildman–Crippen MR) is 94.0 cm³/mol. The van der Waals surface area contributed by atoms with E-state index in [1.807, 2.05) is 12.1 Å². The molecule has 0 saturated heterocycles. The van der Waals surface area contributed by atoms with E-state index in [9.17, 15) is 9.59 Å². The molecule has 0 spiro atoms. The van der Waals surface area contributed by atoms with E-state index >= 15 is 0 Å². The minimum absolute atomic E-state index is 0.119. The van der Waals surface area contributed by atoms with Gasteiger partial charge in [0, 0.05) is 11.8 Å². The van der Waals surface area contributed by atoms with Crippen molar-refractivity contribution in [3.05, 3.63) is 41.0 Å². The third-order valence-corrected chi connectivity index (χ3v) is 6.02. The molecule has 1 aromatic carbocycles. The lowest BCUT2D eigenvalue weighted by Crippen LogP contribution is -2.30. The van der Waals surface area contributed by atoms with Gasteiger partial charge in [-0.3, -0.25) is 9.59 Å². The van der Waals surface area contributed by atoms with Crippen molar-refractivity contribution in [2.45, 2.75) is 39.0 Å². The normalized spacial score (nSPS) is 18.0. The van der Waals surface area contributed by atoms with E-state index in [0.29, 0.717) is 10.6 Å². The van der Waals surface area contributed by atoms with Gasteiger partial charge in [0.2, 0.25) is 5.91 Å². The molecule has 2 aromatic rings. The molecule has 1 aliphatic rings. The van der Waals surface area contributed by atoms with Gasteiger partial charge in [-0.15, -0.1) is 11.3 Å². The van der Waals surface area contributed by atoms with Gasteiger partial charge in [-0.1, -0.05) is 45.0 Å². The molecule has 0 bridgehead atoms. The third kappa shape index (κ3) is 2.27. The zero-order valence-corrected chi connectivity index (χ0v) is 14.5. The number of hydrogen-bond donors (Lipinski definition) is 2. The first-order chi connectivity index (χ1) is 10.7. The number of carbonyl (C=O) groups is 2. The van der Waals surface area contributed by atoms with Gasteiger partial charge < -0.3 is 11.1 Å². The van der Waals surface area contributed by atoms with Crippen molar-refractivity contribution in [2.24, 2.45) is 5.73 Å². The minimum Gasteiger partial charge on any atom is -0.365 e. The van der Waals surface area contributed by atoms with Gasteiger partial charge in [-0.2, -0.15) is 0 Å². The number of nitrogens with two attached hydrogens (primary N) is 1. The molecule has 1 unspecified atom stereocenters. The smallest absolute Gasteiger partial charge is 0.252 e. The van der Waals surface area contributed by atoms with Crippen LogP contribution >= 0.6 is 11.3 Å². The van der Waals surface area contributed by atoms with Crippen LogP contribution in [-0.2, 0) is 10.2 Å². The Morgan fingerprint density at radius 1 is 1.26 bits per heavy atom. The van der Waals surface area contributed by atoms with Crippen molar-refractivity contribution in [1.29, 1.82) is 0 Å². The predicted octanol–water partition coefficient (Wildman–Crippen LogP) is 3.87. The van der Waals surface area contributed by atoms with Crippen molar-refractivity contribution in [3.8, 4) is 10.4 Å². The Bertz CT molecular complexity index is 820. The maximum atomic E-state index is 12.1. The summed E-state index contributed by atoms with van der Waals surface area (Å²) in [5.41, 5.74) is 9.31. The number of amides is 2. The second kappa shape index (κ2) is 5.20. The Morgan fingerprint density at radius 3 is 2.52 bits per heavy atom. The highest BCUT2D eigenvalue weighted by Crippen LogP contribution is 2.55. The second-order valence-corrected chi connectivity index (χ2v) is 7.60. The van der Waals surface area contributed by atoms with Crippen LogP contribution in [0.25, 0.3) is 10.4 Å². The Morgan fingerprint density at radius 2 is 1.91 bits per heavy atom. The first-order valence-electron chi connectivity index (χ1n) is 7.59. The van der Waals surface area contributed by atoms with E-state index in [4.69, 9.17) is 5.73 Å². The molecule has 0 fully saturated rings. The van der Waals surface area contributed by atoms with E-state index in [1.165, 1.54) is 23.8 Å². The van der Waals surface area contributed by atoms with Gasteiger partial charge in [0.05, 0.1) is 5.56 Å². The highest BCUT2D eigenvalue weighted by Gasteiger charge is 2.41. The van der Waals surface area contributed by atoms with Crippen molar-refractivity contribution >= 4 is 28.2 Å². The molecule has 120 valence electrons. The summed E-state index contributed by atoms with van der Waals surface area (Å²) in [6, 6.07) is 8.24. The third-order valence-electron chi connectivity index (χ3n) is 4.86. The van der Waals surface area contributed by atoms with Crippen molar-refractivity contribution in [1.82, 2.24) is 0 Å². The summed E-state index contributed by atoms with van der Waals surface area (Å²) in [4.78, 5) is 24.6. The van der Waals surface area contributed by atoms with Gasteiger partial charge in [0.1, 0.15) is 5.00 Å². The molecule has 4 nitrogen and oxygen atoms in total. The summed E-state index contributed by atoms with van der Waals surface area (Å²) >= 11 is 1.43. The van der Waals surface area contributed by atoms with E-state index in [-0.39, 0.29) is 17.2 Å². The number of benzene rings is 1. The summed E-state index contributed by atoms with van der Waals surface area (Å²) in [6.45, 7) is 7.91. The van der Waals surface area contributed by atoms with Gasteiger partial charge in [0.25, 0.3) is 5.91 Å². The van der Waals surface area contributed by atoms with E-state index in [0.717, 1.165) is 16.0 Å². The maximum Gasteiger partial charge on any atom is 0.252 e. The molecule has 1 aliphatic carbocycles. The van der Waals surface area contributed by atoms with Gasteiger partial charge in [0.15, 0.2) is 0 Å². The topological polar surface area (TPSA) is 72.2 Å². The first-order valence-corrected chi connectivity index (χ1v) is 8.40. The molecular formula is C18H20N2O2S. The lowest BCUT2D eigenvalue weighted by molar-refractivity contribution is -0.114. The Labute approximate surface area is 139 Å². The zero-order valence-electron chi connectivity index (χ0n) is 13.7. The van der Waals surface area contributed by atoms with Crippen LogP contribution in [0.2, 0.25) is 0 Å². The maximum absolute atomic E-state index is 12.1. The van der Waals surface area contributed by atoms with E-state index in [2.05, 4.69) is 38.2 Å². The molecule has 1 aromatic heterocycles. The lowest BCUT2D eigenvalue weighted by Gasteiger charge is -2.39. The molecule has 0 saturated carbocycles. The lowest BCUT2D eigenvalue weighted by atomic mass is 9.65. The average molecular weight is 328 g/mol. The van der Waals surface area contributed by atoms with Crippen LogP contribution < -0.4 is 11.1 Å². The molecule has 1 heterocycles. The monoisotopic (exact) mass is 328 g/mol. The number of anilines is 1. The summed E-state index contributed by atoms with van der Waals surface area (Å²) in [6.07, 6.45) is 0. The molecular weight excluding hydrogens is 308 g/mol. The van der Waals surface area contributed by atoms with Crippen LogP contribution in [0.1, 0.15) is 55.1 Å². The molecule has 1 atom stereocenters. The standard InChI is InChI=1S/C18H20N2O2S/c1-9-13-14(16(19)22)17(20-10(2)21)23-15(13)11-7-5-6-8-12(11)18(9,3)4/h5-9H,1-4H3,(H2,19,22)(H,20,21). The Hall–Kier alpha value is -2.14. The minimum atomic E-state index is -0.492. The van der Waals surface area contributed by atoms with Crippen molar-refractivity contribution < 1.29 is 9.59 Å². The number of carbonyl (C=O) groups excluding carboxylic acids is 2. The Kier molecular flexibility index (Phi) is 3.56. The fourth-order valence-corrected chi connectivity index (χ4v) is 4.77. The van der Waals surface area contributed by atoms with Gasteiger partial charge >= 0.3 is 0 Å². The number of thiophene rings is 1. The van der Waals surface area contributed by atoms with E-state index < -0.39 is 5.91 Å². The number of hydrogen-bond acceptors (Lipinski definition) is 3. The second-order valence-electron chi connectivity index (χ2n) is 6.58. The number of primary amides is 1. The molecule has 0 aliphatic heterocycles. The van der Waals surface area contributed by atoms with Crippen LogP contribution in [0.5, 0.6) is 0 Å². The van der Waals surface area contributed by atoms with Gasteiger partial charge in [-0.25, -0.2) is 0 Å². The summed E-state index contributed by atoms with van der Waals surface area (Å²) in [5, 5.41) is 3.32. The fourth-order valence-electron chi connectivity index (χ4n) is 3.39. The molecule has 2 amide bonds. The fraction of sp³-hybridized carbons (Fsp3) is 0.333. The molecule has 5 heteroatoms. The number of rotatable bonds is 2. The van der Waals surface area contributed by atoms with Crippen LogP contribution in [0.15, 0.2) is 24.3 Å². The van der Waals surface area contributed by atoms with Crippen molar-refractivity contribution in [3.63, 3.8) is 0 Å². The summed E-state index contributed by atoms with van der Waals surface area (Å²) in [7, 11) is 0. The average Bonchev–Trinajstić information content (AvgIpc) is 2.84. The number of fused-ring (bicyclic) bond motifs is 3. The highest BCUT2D eigenvalue weighted by atomic mass is 32.1. The molecule has 3 rings (SSSR count). The first kappa shape index (κ1) is 15.7. The van der Waals surface area contributed by atoms with Crippen molar-refractivity contribution in [2.75, 3.05) is 5.32 Å². The molecule has 0 radical (unpaired) electrons. The quantitative estimate of drug-likeness (QED) is 0.878. The van der Waals surface area contributed by atoms with Crippen LogP contribution in [0.3, 0.4) is 0 Å². The molecule has 3 N–H and O–H groups in total. The van der Waals surface area contributed by atoms with Gasteiger partial charge in [-0.05, 0) is 28.0 Å². The summed E-state index contributed by atoms with van der Waals surface area (Å²) < 4.78 is 0. The van der Waals surface area contributed by atoms with E-state index in [1.54, 1.807) is 0 Å². The van der Waals surface area contributed by atoms with Crippen LogP contribution in [-0.4, -0.2) is 11.8 Å². The Balaban J connectivity index is 2.36. The zero-order chi connectivity index (χ0) is 16.9. The SMILES string of the molecule is CC(=O)Nc1sc2c(c1C(N)=O)C(C)C(C)(C)c1ccccc1-2.